The van der Waals surface area contributed by atoms with Gasteiger partial charge >= 0.3 is 0 Å². The van der Waals surface area contributed by atoms with Crippen molar-refractivity contribution >= 4 is 0 Å². The van der Waals surface area contributed by atoms with Crippen LogP contribution in [0.2, 0.25) is 0 Å². The number of fused-ring (bicyclic) bond motifs is 3. The van der Waals surface area contributed by atoms with Crippen molar-refractivity contribution in [2.45, 2.75) is 38.5 Å². The summed E-state index contributed by atoms with van der Waals surface area (Å²) in [5, 5.41) is 0. The van der Waals surface area contributed by atoms with Gasteiger partial charge in [-0.3, -0.25) is 0 Å². The molecule has 1 nitrogen and oxygen atoms in total. The van der Waals surface area contributed by atoms with E-state index in [-0.39, 0.29) is 0 Å². The Labute approximate surface area is 69.8 Å². The molecule has 0 aliphatic carbocycles. The van der Waals surface area contributed by atoms with Gasteiger partial charge in [-0.15, -0.1) is 0 Å². The molecule has 2 aliphatic rings. The fourth-order valence-electron chi connectivity index (χ4n) is 2.51. The average molecular weight is 153 g/mol. The molecule has 2 saturated heterocycles. The first-order valence-corrected chi connectivity index (χ1v) is 5.17. The molecule has 0 spiro atoms. The lowest BCUT2D eigenvalue weighted by Crippen LogP contribution is -2.27. The fraction of sp³-hybridized carbons (Fsp3) is 1.00. The second kappa shape index (κ2) is 3.57. The van der Waals surface area contributed by atoms with Crippen LogP contribution in [-0.2, 0) is 0 Å². The van der Waals surface area contributed by atoms with Gasteiger partial charge < -0.3 is 4.90 Å². The summed E-state index contributed by atoms with van der Waals surface area (Å²) in [5.41, 5.74) is 0. The maximum absolute atomic E-state index is 2.67. The van der Waals surface area contributed by atoms with Crippen LogP contribution in [0.5, 0.6) is 0 Å². The Balaban J connectivity index is 1.97. The molecule has 0 amide bonds. The predicted molar refractivity (Wildman–Crippen MR) is 47.6 cm³/mol. The van der Waals surface area contributed by atoms with Crippen LogP contribution in [0.1, 0.15) is 38.5 Å². The Hall–Kier alpha value is -0.0400. The van der Waals surface area contributed by atoms with Crippen molar-refractivity contribution in [3.05, 3.63) is 0 Å². The Morgan fingerprint density at radius 3 is 2.55 bits per heavy atom. The lowest BCUT2D eigenvalue weighted by molar-refractivity contribution is 0.255. The molecule has 2 bridgehead atoms. The van der Waals surface area contributed by atoms with E-state index in [4.69, 9.17) is 0 Å². The van der Waals surface area contributed by atoms with Gasteiger partial charge in [0.25, 0.3) is 0 Å². The third-order valence-corrected chi connectivity index (χ3v) is 3.28. The van der Waals surface area contributed by atoms with Crippen LogP contribution in [0.15, 0.2) is 0 Å². The zero-order valence-electron chi connectivity index (χ0n) is 7.39. The van der Waals surface area contributed by atoms with E-state index in [1.807, 2.05) is 0 Å². The third kappa shape index (κ3) is 1.96. The highest BCUT2D eigenvalue weighted by molar-refractivity contribution is 4.73. The van der Waals surface area contributed by atoms with E-state index in [0.717, 1.165) is 5.92 Å². The Morgan fingerprint density at radius 2 is 1.55 bits per heavy atom. The fourth-order valence-corrected chi connectivity index (χ4v) is 2.51. The van der Waals surface area contributed by atoms with Crippen molar-refractivity contribution in [2.75, 3.05) is 19.6 Å². The largest absolute Gasteiger partial charge is 0.303 e. The Kier molecular flexibility index (Phi) is 2.47. The number of rotatable bonds is 0. The second-order valence-electron chi connectivity index (χ2n) is 4.13. The molecule has 2 atom stereocenters. The van der Waals surface area contributed by atoms with Crippen LogP contribution >= 0.6 is 0 Å². The molecule has 0 aromatic carbocycles. The van der Waals surface area contributed by atoms with Gasteiger partial charge in [0.05, 0.1) is 0 Å². The normalized spacial score (nSPS) is 39.3. The smallest absolute Gasteiger partial charge is 0.00161 e. The zero-order valence-corrected chi connectivity index (χ0v) is 7.39. The van der Waals surface area contributed by atoms with Gasteiger partial charge in [0, 0.05) is 0 Å². The summed E-state index contributed by atoms with van der Waals surface area (Å²) < 4.78 is 0. The quantitative estimate of drug-likeness (QED) is 0.516. The first-order chi connectivity index (χ1) is 5.45. The summed E-state index contributed by atoms with van der Waals surface area (Å²) in [5.74, 6) is 1.08. The highest BCUT2D eigenvalue weighted by atomic mass is 15.1. The minimum atomic E-state index is 1.08. The van der Waals surface area contributed by atoms with Crippen LogP contribution < -0.4 is 0 Å². The van der Waals surface area contributed by atoms with E-state index >= 15 is 0 Å². The van der Waals surface area contributed by atoms with Gasteiger partial charge in [-0.05, 0) is 51.2 Å². The van der Waals surface area contributed by atoms with Gasteiger partial charge in [-0.2, -0.15) is 0 Å². The van der Waals surface area contributed by atoms with E-state index in [1.165, 1.54) is 58.2 Å². The van der Waals surface area contributed by atoms with Gasteiger partial charge in [0.2, 0.25) is 0 Å². The number of hydrogen-bond donors (Lipinski definition) is 0. The molecule has 2 unspecified atom stereocenters. The van der Waals surface area contributed by atoms with Gasteiger partial charge in [0.1, 0.15) is 0 Å². The van der Waals surface area contributed by atoms with Gasteiger partial charge in [0.15, 0.2) is 0 Å². The average Bonchev–Trinajstić information content (AvgIpc) is 2.11. The molecule has 0 aromatic heterocycles. The molecule has 2 rings (SSSR count). The highest BCUT2D eigenvalue weighted by Crippen LogP contribution is 2.25. The van der Waals surface area contributed by atoms with Crippen LogP contribution in [0, 0.1) is 5.92 Å². The summed E-state index contributed by atoms with van der Waals surface area (Å²) in [4.78, 5) is 2.67. The zero-order chi connectivity index (χ0) is 7.52. The maximum atomic E-state index is 2.67. The summed E-state index contributed by atoms with van der Waals surface area (Å²) in [6.45, 7) is 4.16. The lowest BCUT2D eigenvalue weighted by atomic mass is 9.94. The van der Waals surface area contributed by atoms with Crippen molar-refractivity contribution in [3.63, 3.8) is 0 Å². The highest BCUT2D eigenvalue weighted by Gasteiger charge is 2.18. The van der Waals surface area contributed by atoms with Crippen molar-refractivity contribution in [1.82, 2.24) is 4.90 Å². The molecule has 0 N–H and O–H groups in total. The van der Waals surface area contributed by atoms with Crippen LogP contribution in [-0.4, -0.2) is 24.5 Å². The molecule has 0 saturated carbocycles. The van der Waals surface area contributed by atoms with Gasteiger partial charge in [-0.1, -0.05) is 12.8 Å². The van der Waals surface area contributed by atoms with E-state index in [2.05, 4.69) is 4.90 Å². The predicted octanol–water partition coefficient (Wildman–Crippen LogP) is 2.27. The maximum Gasteiger partial charge on any atom is -0.00161 e. The first kappa shape index (κ1) is 7.60. The molecular weight excluding hydrogens is 134 g/mol. The summed E-state index contributed by atoms with van der Waals surface area (Å²) in [6.07, 6.45) is 8.92. The molecule has 11 heavy (non-hydrogen) atoms. The van der Waals surface area contributed by atoms with Crippen molar-refractivity contribution in [1.29, 1.82) is 0 Å². The Morgan fingerprint density at radius 1 is 0.727 bits per heavy atom. The molecular formula is C10H19N. The first-order valence-electron chi connectivity index (χ1n) is 5.17. The molecule has 0 aromatic rings. The molecule has 2 fully saturated rings. The molecule has 2 aliphatic heterocycles. The van der Waals surface area contributed by atoms with Crippen LogP contribution in [0.25, 0.3) is 0 Å². The van der Waals surface area contributed by atoms with Crippen LogP contribution in [0.3, 0.4) is 0 Å². The van der Waals surface area contributed by atoms with E-state index in [0.29, 0.717) is 0 Å². The SMILES string of the molecule is C1CCN2CCCC(C1)CC2. The lowest BCUT2D eigenvalue weighted by Gasteiger charge is -2.22. The summed E-state index contributed by atoms with van der Waals surface area (Å²) >= 11 is 0. The van der Waals surface area contributed by atoms with E-state index in [9.17, 15) is 0 Å². The molecule has 2 heterocycles. The molecule has 64 valence electrons. The standard InChI is InChI=1S/C10H19N/c1-2-7-11-8-3-5-10(4-1)6-9-11/h10H,1-9H2. The molecule has 0 radical (unpaired) electrons. The van der Waals surface area contributed by atoms with E-state index in [1.54, 1.807) is 0 Å². The van der Waals surface area contributed by atoms with Crippen LogP contribution in [0.4, 0.5) is 0 Å². The van der Waals surface area contributed by atoms with Crippen molar-refractivity contribution < 1.29 is 0 Å². The topological polar surface area (TPSA) is 3.24 Å². The monoisotopic (exact) mass is 153 g/mol. The van der Waals surface area contributed by atoms with Crippen molar-refractivity contribution in [2.24, 2.45) is 5.92 Å². The van der Waals surface area contributed by atoms with Gasteiger partial charge in [-0.25, -0.2) is 0 Å². The molecule has 1 heteroatoms. The summed E-state index contributed by atoms with van der Waals surface area (Å²) in [6, 6.07) is 0. The second-order valence-corrected chi connectivity index (χ2v) is 4.13. The number of hydrogen-bond acceptors (Lipinski definition) is 1. The Bertz CT molecular complexity index is 104. The third-order valence-electron chi connectivity index (χ3n) is 3.28. The minimum Gasteiger partial charge on any atom is -0.303 e. The summed E-state index contributed by atoms with van der Waals surface area (Å²) in [7, 11) is 0. The number of nitrogens with zero attached hydrogens (tertiary/aromatic N) is 1. The van der Waals surface area contributed by atoms with E-state index < -0.39 is 0 Å². The minimum absolute atomic E-state index is 1.08. The van der Waals surface area contributed by atoms with Crippen molar-refractivity contribution in [3.8, 4) is 0 Å².